The van der Waals surface area contributed by atoms with E-state index in [-0.39, 0.29) is 18.0 Å². The van der Waals surface area contributed by atoms with Crippen LogP contribution in [0.15, 0.2) is 34.7 Å². The van der Waals surface area contributed by atoms with Gasteiger partial charge in [-0.05, 0) is 25.3 Å². The first kappa shape index (κ1) is 14.5. The summed E-state index contributed by atoms with van der Waals surface area (Å²) in [5, 5.41) is 2.39. The second kappa shape index (κ2) is 6.00. The van der Waals surface area contributed by atoms with Gasteiger partial charge in [-0.3, -0.25) is 14.2 Å². The van der Waals surface area contributed by atoms with Crippen LogP contribution in [-0.2, 0) is 11.3 Å². The fourth-order valence-corrected chi connectivity index (χ4v) is 2.68. The molecule has 0 saturated carbocycles. The SMILES string of the molecule is C=C(C)CN(CC)C(=O)Cn1cnc2sccc2c1=O. The molecule has 0 aliphatic heterocycles. The highest BCUT2D eigenvalue weighted by molar-refractivity contribution is 7.16. The van der Waals surface area contributed by atoms with E-state index in [1.807, 2.05) is 19.2 Å². The third-order valence-electron chi connectivity index (χ3n) is 2.95. The van der Waals surface area contributed by atoms with Gasteiger partial charge in [0.2, 0.25) is 5.91 Å². The maximum absolute atomic E-state index is 12.2. The Morgan fingerprint density at radius 2 is 2.30 bits per heavy atom. The van der Waals surface area contributed by atoms with Crippen molar-refractivity contribution in [1.82, 2.24) is 14.5 Å². The van der Waals surface area contributed by atoms with Crippen LogP contribution in [0.4, 0.5) is 0 Å². The van der Waals surface area contributed by atoms with Crippen LogP contribution in [0.2, 0.25) is 0 Å². The molecule has 0 aliphatic rings. The van der Waals surface area contributed by atoms with Gasteiger partial charge in [-0.15, -0.1) is 11.3 Å². The second-order valence-electron chi connectivity index (χ2n) is 4.68. The van der Waals surface area contributed by atoms with E-state index in [1.54, 1.807) is 11.0 Å². The predicted molar refractivity (Wildman–Crippen MR) is 80.9 cm³/mol. The zero-order valence-corrected chi connectivity index (χ0v) is 12.4. The lowest BCUT2D eigenvalue weighted by atomic mass is 10.3. The topological polar surface area (TPSA) is 55.2 Å². The molecule has 0 bridgehead atoms. The molecule has 1 amide bonds. The average molecular weight is 291 g/mol. The maximum atomic E-state index is 12.2. The molecule has 0 fully saturated rings. The summed E-state index contributed by atoms with van der Waals surface area (Å²) in [7, 11) is 0. The van der Waals surface area contributed by atoms with Gasteiger partial charge in [0.1, 0.15) is 11.4 Å². The van der Waals surface area contributed by atoms with Crippen LogP contribution in [0.1, 0.15) is 13.8 Å². The molecule has 106 valence electrons. The maximum Gasteiger partial charge on any atom is 0.262 e. The molecule has 0 radical (unpaired) electrons. The Balaban J connectivity index is 2.22. The number of carbonyl (C=O) groups is 1. The number of thiophene rings is 1. The Morgan fingerprint density at radius 3 is 2.95 bits per heavy atom. The Bertz CT molecular complexity index is 702. The molecule has 5 nitrogen and oxygen atoms in total. The van der Waals surface area contributed by atoms with Crippen molar-refractivity contribution in [2.45, 2.75) is 20.4 Å². The van der Waals surface area contributed by atoms with Gasteiger partial charge in [0.05, 0.1) is 11.7 Å². The normalized spacial score (nSPS) is 10.7. The fraction of sp³-hybridized carbons (Fsp3) is 0.357. The smallest absolute Gasteiger partial charge is 0.262 e. The van der Waals surface area contributed by atoms with E-state index >= 15 is 0 Å². The van der Waals surface area contributed by atoms with Crippen molar-refractivity contribution in [1.29, 1.82) is 0 Å². The molecule has 2 rings (SSSR count). The van der Waals surface area contributed by atoms with Gasteiger partial charge in [0.25, 0.3) is 5.56 Å². The van der Waals surface area contributed by atoms with Gasteiger partial charge in [0, 0.05) is 13.1 Å². The number of nitrogens with zero attached hydrogens (tertiary/aromatic N) is 3. The Hall–Kier alpha value is -1.95. The van der Waals surface area contributed by atoms with Crippen molar-refractivity contribution >= 4 is 27.5 Å². The number of hydrogen-bond acceptors (Lipinski definition) is 4. The van der Waals surface area contributed by atoms with Crippen molar-refractivity contribution < 1.29 is 4.79 Å². The van der Waals surface area contributed by atoms with E-state index in [1.165, 1.54) is 22.2 Å². The van der Waals surface area contributed by atoms with Crippen LogP contribution in [0.5, 0.6) is 0 Å². The molecule has 0 aliphatic carbocycles. The number of fused-ring (bicyclic) bond motifs is 1. The van der Waals surface area contributed by atoms with Gasteiger partial charge in [0.15, 0.2) is 0 Å². The Labute approximate surface area is 121 Å². The van der Waals surface area contributed by atoms with Gasteiger partial charge < -0.3 is 4.90 Å². The lowest BCUT2D eigenvalue weighted by Gasteiger charge is -2.21. The zero-order chi connectivity index (χ0) is 14.7. The van der Waals surface area contributed by atoms with Crippen LogP contribution in [-0.4, -0.2) is 33.4 Å². The molecule has 0 N–H and O–H groups in total. The van der Waals surface area contributed by atoms with E-state index in [2.05, 4.69) is 11.6 Å². The number of aromatic nitrogens is 2. The largest absolute Gasteiger partial charge is 0.337 e. The minimum absolute atomic E-state index is 0.0126. The standard InChI is InChI=1S/C14H17N3O2S/c1-4-16(7-10(2)3)12(18)8-17-9-15-13-11(14(17)19)5-6-20-13/h5-6,9H,2,4,7-8H2,1,3H3. The predicted octanol–water partition coefficient (Wildman–Crippen LogP) is 1.88. The Morgan fingerprint density at radius 1 is 1.55 bits per heavy atom. The average Bonchev–Trinajstić information content (AvgIpc) is 2.88. The number of likely N-dealkylation sites (N-methyl/N-ethyl adjacent to an activating group) is 1. The van der Waals surface area contributed by atoms with Crippen molar-refractivity contribution in [3.63, 3.8) is 0 Å². The second-order valence-corrected chi connectivity index (χ2v) is 5.58. The summed E-state index contributed by atoms with van der Waals surface area (Å²) >= 11 is 1.42. The Kier molecular flexibility index (Phi) is 4.34. The summed E-state index contributed by atoms with van der Waals surface area (Å²) in [6.45, 7) is 8.71. The van der Waals surface area contributed by atoms with E-state index in [0.717, 1.165) is 5.57 Å². The lowest BCUT2D eigenvalue weighted by Crippen LogP contribution is -2.37. The summed E-state index contributed by atoms with van der Waals surface area (Å²) in [6.07, 6.45) is 1.44. The molecule has 2 aromatic rings. The highest BCUT2D eigenvalue weighted by Crippen LogP contribution is 2.13. The molecular weight excluding hydrogens is 274 g/mol. The molecule has 2 aromatic heterocycles. The first-order valence-electron chi connectivity index (χ1n) is 6.37. The molecule has 0 spiro atoms. The van der Waals surface area contributed by atoms with Crippen molar-refractivity contribution in [3.05, 3.63) is 40.3 Å². The molecular formula is C14H17N3O2S. The van der Waals surface area contributed by atoms with Crippen LogP contribution in [0, 0.1) is 0 Å². The summed E-state index contributed by atoms with van der Waals surface area (Å²) in [6, 6.07) is 1.74. The fourth-order valence-electron chi connectivity index (χ4n) is 1.95. The van der Waals surface area contributed by atoms with Gasteiger partial charge in [-0.25, -0.2) is 4.98 Å². The monoisotopic (exact) mass is 291 g/mol. The first-order valence-corrected chi connectivity index (χ1v) is 7.25. The van der Waals surface area contributed by atoms with E-state index in [0.29, 0.717) is 23.3 Å². The summed E-state index contributed by atoms with van der Waals surface area (Å²) in [4.78, 5) is 31.0. The molecule has 0 saturated heterocycles. The summed E-state index contributed by atoms with van der Waals surface area (Å²) in [5.41, 5.74) is 0.745. The highest BCUT2D eigenvalue weighted by Gasteiger charge is 2.14. The molecule has 6 heteroatoms. The number of amides is 1. The van der Waals surface area contributed by atoms with Crippen LogP contribution < -0.4 is 5.56 Å². The minimum atomic E-state index is -0.170. The van der Waals surface area contributed by atoms with Crippen molar-refractivity contribution in [3.8, 4) is 0 Å². The van der Waals surface area contributed by atoms with E-state index < -0.39 is 0 Å². The van der Waals surface area contributed by atoms with E-state index in [4.69, 9.17) is 0 Å². The van der Waals surface area contributed by atoms with Gasteiger partial charge >= 0.3 is 0 Å². The van der Waals surface area contributed by atoms with Crippen molar-refractivity contribution in [2.24, 2.45) is 0 Å². The number of hydrogen-bond donors (Lipinski definition) is 0. The van der Waals surface area contributed by atoms with Gasteiger partial charge in [-0.1, -0.05) is 12.2 Å². The quantitative estimate of drug-likeness (QED) is 0.790. The zero-order valence-electron chi connectivity index (χ0n) is 11.6. The molecule has 0 atom stereocenters. The van der Waals surface area contributed by atoms with Crippen LogP contribution in [0.3, 0.4) is 0 Å². The number of carbonyl (C=O) groups excluding carboxylic acids is 1. The third kappa shape index (κ3) is 2.96. The van der Waals surface area contributed by atoms with E-state index in [9.17, 15) is 9.59 Å². The van der Waals surface area contributed by atoms with Crippen LogP contribution >= 0.6 is 11.3 Å². The summed E-state index contributed by atoms with van der Waals surface area (Å²) < 4.78 is 1.36. The molecule has 0 aromatic carbocycles. The van der Waals surface area contributed by atoms with Crippen molar-refractivity contribution in [2.75, 3.05) is 13.1 Å². The molecule has 2 heterocycles. The minimum Gasteiger partial charge on any atom is -0.337 e. The number of rotatable bonds is 5. The lowest BCUT2D eigenvalue weighted by molar-refractivity contribution is -0.131. The van der Waals surface area contributed by atoms with Crippen LogP contribution in [0.25, 0.3) is 10.2 Å². The van der Waals surface area contributed by atoms with Gasteiger partial charge in [-0.2, -0.15) is 0 Å². The first-order chi connectivity index (χ1) is 9.52. The highest BCUT2D eigenvalue weighted by atomic mass is 32.1. The third-order valence-corrected chi connectivity index (χ3v) is 3.77. The molecule has 0 unspecified atom stereocenters. The molecule has 20 heavy (non-hydrogen) atoms. The summed E-state index contributed by atoms with van der Waals surface area (Å²) in [5.74, 6) is -0.103.